The van der Waals surface area contributed by atoms with E-state index >= 15 is 0 Å². The van der Waals surface area contributed by atoms with Crippen LogP contribution in [0.1, 0.15) is 17.8 Å². The van der Waals surface area contributed by atoms with Crippen molar-refractivity contribution in [3.05, 3.63) is 127 Å². The van der Waals surface area contributed by atoms with Gasteiger partial charge in [0.05, 0.1) is 17.8 Å². The van der Waals surface area contributed by atoms with Gasteiger partial charge >= 0.3 is 0 Å². The first kappa shape index (κ1) is 12.5. The summed E-state index contributed by atoms with van der Waals surface area (Å²) < 4.78 is 119. The Hall–Kier alpha value is -5.35. The smallest absolute Gasteiger partial charge is 0.163 e. The van der Waals surface area contributed by atoms with Crippen LogP contribution in [0.5, 0.6) is 0 Å². The maximum atomic E-state index is 9.11. The van der Waals surface area contributed by atoms with Crippen LogP contribution in [-0.2, 0) is 0 Å². The lowest BCUT2D eigenvalue weighted by atomic mass is 10.00. The summed E-state index contributed by atoms with van der Waals surface area (Å²) in [5.74, 6) is 0.159. The second kappa shape index (κ2) is 8.61. The predicted molar refractivity (Wildman–Crippen MR) is 158 cm³/mol. The van der Waals surface area contributed by atoms with Gasteiger partial charge < -0.3 is 4.42 Å². The van der Waals surface area contributed by atoms with Gasteiger partial charge in [0.15, 0.2) is 11.6 Å². The standard InChI is InChI=1S/C35H21N3O/c1-3-7-24-17-26(11-9-22(24)5-1)27-13-15-30-31-16-14-29(20-33(31)39-32(30)19-27)35-37-21-36-34(38-35)28-12-10-23-6-2-4-8-25(23)18-28/h1-21H/i1D,3D,5D,7D,9D,11D,13D,14D,15D,16D,17D,19D,20D. The average molecular weight is 513 g/mol. The first-order chi connectivity index (χ1) is 24.7. The molecule has 0 fully saturated rings. The molecule has 0 bridgehead atoms. The van der Waals surface area contributed by atoms with Crippen molar-refractivity contribution in [2.24, 2.45) is 0 Å². The Bertz CT molecular complexity index is 2910. The van der Waals surface area contributed by atoms with Crippen LogP contribution in [0.15, 0.2) is 132 Å². The van der Waals surface area contributed by atoms with Gasteiger partial charge in [0, 0.05) is 21.9 Å². The van der Waals surface area contributed by atoms with E-state index < -0.39 is 89.7 Å². The highest BCUT2D eigenvalue weighted by Crippen LogP contribution is 2.35. The molecule has 2 aromatic heterocycles. The Kier molecular flexibility index (Phi) is 2.75. The molecule has 8 aromatic rings. The van der Waals surface area contributed by atoms with Gasteiger partial charge in [-0.05, 0) is 69.0 Å². The number of nitrogens with zero attached hydrogens (tertiary/aromatic N) is 3. The van der Waals surface area contributed by atoms with E-state index in [2.05, 4.69) is 15.0 Å². The number of rotatable bonds is 3. The van der Waals surface area contributed by atoms with Crippen LogP contribution < -0.4 is 0 Å². The fourth-order valence-corrected chi connectivity index (χ4v) is 4.41. The topological polar surface area (TPSA) is 51.8 Å². The molecule has 0 N–H and O–H groups in total. The van der Waals surface area contributed by atoms with Crippen molar-refractivity contribution >= 4 is 43.5 Å². The highest BCUT2D eigenvalue weighted by atomic mass is 16.3. The molecule has 0 aliphatic rings. The zero-order valence-corrected chi connectivity index (χ0v) is 19.9. The molecule has 0 aliphatic carbocycles. The highest BCUT2D eigenvalue weighted by molar-refractivity contribution is 6.07. The minimum Gasteiger partial charge on any atom is -0.456 e. The molecule has 0 unspecified atom stereocenters. The van der Waals surface area contributed by atoms with Crippen molar-refractivity contribution in [2.75, 3.05) is 0 Å². The van der Waals surface area contributed by atoms with Gasteiger partial charge in [-0.3, -0.25) is 0 Å². The number of furan rings is 1. The summed E-state index contributed by atoms with van der Waals surface area (Å²) in [6.07, 6.45) is 1.22. The lowest BCUT2D eigenvalue weighted by molar-refractivity contribution is 0.669. The maximum absolute atomic E-state index is 9.11. The molecule has 8 rings (SSSR count). The third-order valence-electron chi connectivity index (χ3n) is 6.31. The monoisotopic (exact) mass is 512 g/mol. The van der Waals surface area contributed by atoms with E-state index in [9.17, 15) is 0 Å². The summed E-state index contributed by atoms with van der Waals surface area (Å²) in [5.41, 5.74) is -1.15. The van der Waals surface area contributed by atoms with Gasteiger partial charge in [0.1, 0.15) is 17.5 Å². The van der Waals surface area contributed by atoms with E-state index in [4.69, 9.17) is 22.2 Å². The lowest BCUT2D eigenvalue weighted by Crippen LogP contribution is -1.95. The van der Waals surface area contributed by atoms with Crippen LogP contribution in [-0.4, -0.2) is 15.0 Å². The minimum atomic E-state index is -0.700. The molecule has 0 spiro atoms. The van der Waals surface area contributed by atoms with E-state index in [1.807, 2.05) is 42.5 Å². The Morgan fingerprint density at radius 3 is 2.05 bits per heavy atom. The molecular formula is C35H21N3O. The van der Waals surface area contributed by atoms with Crippen LogP contribution >= 0.6 is 0 Å². The van der Waals surface area contributed by atoms with Crippen LogP contribution in [0.4, 0.5) is 0 Å². The molecule has 0 amide bonds. The Balaban J connectivity index is 1.38. The second-order valence-corrected chi connectivity index (χ2v) is 8.70. The van der Waals surface area contributed by atoms with Gasteiger partial charge in [-0.1, -0.05) is 84.7 Å². The largest absolute Gasteiger partial charge is 0.456 e. The highest BCUT2D eigenvalue weighted by Gasteiger charge is 2.13. The molecule has 0 radical (unpaired) electrons. The van der Waals surface area contributed by atoms with Crippen molar-refractivity contribution in [1.29, 1.82) is 0 Å². The van der Waals surface area contributed by atoms with Gasteiger partial charge in [0.25, 0.3) is 0 Å². The molecule has 0 aliphatic heterocycles. The number of fused-ring (bicyclic) bond motifs is 5. The number of hydrogen-bond acceptors (Lipinski definition) is 4. The van der Waals surface area contributed by atoms with Crippen molar-refractivity contribution in [3.63, 3.8) is 0 Å². The summed E-state index contributed by atoms with van der Waals surface area (Å²) in [4.78, 5) is 13.0. The normalized spacial score (nSPS) is 16.3. The molecule has 0 saturated heterocycles. The molecule has 4 nitrogen and oxygen atoms in total. The molecular weight excluding hydrogens is 478 g/mol. The van der Waals surface area contributed by atoms with E-state index in [0.717, 1.165) is 10.8 Å². The Morgan fingerprint density at radius 1 is 0.538 bits per heavy atom. The zero-order chi connectivity index (χ0) is 37.1. The summed E-state index contributed by atoms with van der Waals surface area (Å²) >= 11 is 0. The summed E-state index contributed by atoms with van der Waals surface area (Å²) in [5, 5.41) is 0.796. The maximum Gasteiger partial charge on any atom is 0.163 e. The molecule has 39 heavy (non-hydrogen) atoms. The van der Waals surface area contributed by atoms with Crippen LogP contribution in [0, 0.1) is 0 Å². The second-order valence-electron chi connectivity index (χ2n) is 8.70. The van der Waals surface area contributed by atoms with E-state index in [-0.39, 0.29) is 49.9 Å². The fraction of sp³-hybridized carbons (Fsp3) is 0. The summed E-state index contributed by atoms with van der Waals surface area (Å²) in [6.45, 7) is 0. The number of aromatic nitrogens is 3. The van der Waals surface area contributed by atoms with Crippen molar-refractivity contribution in [1.82, 2.24) is 15.0 Å². The third-order valence-corrected chi connectivity index (χ3v) is 6.31. The summed E-state index contributed by atoms with van der Waals surface area (Å²) in [6, 6.07) is 5.49. The van der Waals surface area contributed by atoms with Crippen molar-refractivity contribution in [2.45, 2.75) is 0 Å². The first-order valence-corrected chi connectivity index (χ1v) is 11.9. The average Bonchev–Trinajstić information content (AvgIpc) is 3.56. The first-order valence-electron chi connectivity index (χ1n) is 18.4. The van der Waals surface area contributed by atoms with E-state index in [0.29, 0.717) is 5.56 Å². The molecule has 0 saturated carbocycles. The van der Waals surface area contributed by atoms with Gasteiger partial charge in [-0.2, -0.15) is 0 Å². The van der Waals surface area contributed by atoms with Crippen LogP contribution in [0.25, 0.3) is 77.4 Å². The van der Waals surface area contributed by atoms with Crippen molar-refractivity contribution in [3.8, 4) is 33.9 Å². The molecule has 182 valence electrons. The van der Waals surface area contributed by atoms with Crippen LogP contribution in [0.2, 0.25) is 0 Å². The molecule has 4 heteroatoms. The quantitative estimate of drug-likeness (QED) is 0.237. The van der Waals surface area contributed by atoms with Crippen LogP contribution in [0.3, 0.4) is 0 Å². The van der Waals surface area contributed by atoms with Gasteiger partial charge in [-0.25, -0.2) is 15.0 Å². The van der Waals surface area contributed by atoms with Crippen molar-refractivity contribution < 1.29 is 22.2 Å². The number of hydrogen-bond donors (Lipinski definition) is 0. The van der Waals surface area contributed by atoms with E-state index in [1.54, 1.807) is 0 Å². The zero-order valence-electron chi connectivity index (χ0n) is 32.9. The Morgan fingerprint density at radius 2 is 1.21 bits per heavy atom. The van der Waals surface area contributed by atoms with Gasteiger partial charge in [0.2, 0.25) is 0 Å². The molecule has 6 aromatic carbocycles. The lowest BCUT2D eigenvalue weighted by Gasteiger charge is -2.05. The van der Waals surface area contributed by atoms with Gasteiger partial charge in [-0.15, -0.1) is 0 Å². The van der Waals surface area contributed by atoms with E-state index in [1.165, 1.54) is 6.33 Å². The molecule has 0 atom stereocenters. The predicted octanol–water partition coefficient (Wildman–Crippen LogP) is 9.08. The third kappa shape index (κ3) is 3.73. The molecule has 2 heterocycles. The SMILES string of the molecule is [2H]c1c([2H])c([2H])c2c([2H])c(-c3c([2H])c([2H])c4c(oc5c([2H])c(-c6ncnc(-c7ccc8ccccc8c7)n6)c([2H])c([2H])c54)c3[2H])c([2H])c([2H])c2c1[2H]. The summed E-state index contributed by atoms with van der Waals surface area (Å²) in [7, 11) is 0. The fourth-order valence-electron chi connectivity index (χ4n) is 4.41. The Labute approximate surface area is 242 Å². The minimum absolute atomic E-state index is 0.0931. The number of benzene rings is 6.